The molecule has 0 aliphatic carbocycles. The normalized spacial score (nSPS) is 25.0. The predicted octanol–water partition coefficient (Wildman–Crippen LogP) is 2.37. The molecular weight excluding hydrogens is 296 g/mol. The van der Waals surface area contributed by atoms with E-state index in [1.807, 2.05) is 6.92 Å². The van der Waals surface area contributed by atoms with Crippen LogP contribution in [0.1, 0.15) is 44.0 Å². The number of hydrogen-bond donors (Lipinski definition) is 1. The third-order valence-corrected chi connectivity index (χ3v) is 4.37. The van der Waals surface area contributed by atoms with Gasteiger partial charge in [-0.05, 0) is 38.8 Å². The van der Waals surface area contributed by atoms with Crippen LogP contribution in [0.5, 0.6) is 0 Å². The van der Waals surface area contributed by atoms with Crippen LogP contribution < -0.4 is 0 Å². The number of hydrogen-bond acceptors (Lipinski definition) is 5. The minimum absolute atomic E-state index is 0.157. The lowest BCUT2D eigenvalue weighted by molar-refractivity contribution is -0.160. The molecular formula is C18H24O5. The average molecular weight is 320 g/mol. The fourth-order valence-corrected chi connectivity index (χ4v) is 2.63. The van der Waals surface area contributed by atoms with E-state index in [0.717, 1.165) is 0 Å². The summed E-state index contributed by atoms with van der Waals surface area (Å²) in [5.41, 5.74) is -1.18. The molecule has 1 aromatic rings. The first-order valence-corrected chi connectivity index (χ1v) is 7.82. The molecule has 1 N–H and O–H groups in total. The molecule has 2 atom stereocenters. The van der Waals surface area contributed by atoms with Crippen molar-refractivity contribution in [3.05, 3.63) is 35.9 Å². The molecule has 5 heteroatoms. The first-order chi connectivity index (χ1) is 10.7. The van der Waals surface area contributed by atoms with Gasteiger partial charge in [0.05, 0.1) is 29.3 Å². The van der Waals surface area contributed by atoms with Crippen molar-refractivity contribution < 1.29 is 24.2 Å². The fraction of sp³-hybridized carbons (Fsp3) is 0.556. The molecule has 0 amide bonds. The summed E-state index contributed by atoms with van der Waals surface area (Å²) < 4.78 is 10.8. The summed E-state index contributed by atoms with van der Waals surface area (Å²) in [5, 5.41) is 9.97. The van der Waals surface area contributed by atoms with Crippen LogP contribution in [0.25, 0.3) is 0 Å². The van der Waals surface area contributed by atoms with Gasteiger partial charge in [-0.3, -0.25) is 4.79 Å². The van der Waals surface area contributed by atoms with E-state index >= 15 is 0 Å². The number of ether oxygens (including phenoxy) is 2. The summed E-state index contributed by atoms with van der Waals surface area (Å²) in [6.45, 7) is 5.17. The van der Waals surface area contributed by atoms with E-state index in [4.69, 9.17) is 9.47 Å². The third-order valence-electron chi connectivity index (χ3n) is 4.37. The summed E-state index contributed by atoms with van der Waals surface area (Å²) in [7, 11) is 0. The smallest absolute Gasteiger partial charge is 0.338 e. The number of carbonyl (C=O) groups excluding carboxylic acids is 2. The molecule has 0 aromatic heterocycles. The summed E-state index contributed by atoms with van der Waals surface area (Å²) in [5.74, 6) is -0.662. The molecule has 5 nitrogen and oxygen atoms in total. The van der Waals surface area contributed by atoms with E-state index in [1.54, 1.807) is 44.2 Å². The highest BCUT2D eigenvalue weighted by Crippen LogP contribution is 2.35. The van der Waals surface area contributed by atoms with E-state index < -0.39 is 17.0 Å². The number of carbonyl (C=O) groups is 2. The Bertz CT molecular complexity index is 551. The molecule has 0 unspecified atom stereocenters. The van der Waals surface area contributed by atoms with Crippen molar-refractivity contribution in [2.24, 2.45) is 5.41 Å². The standard InChI is InChI=1S/C18H24O5/c1-17(2,21)15-9-10-18(3,12-23-15)14(19)11-22-16(20)13-7-5-4-6-8-13/h4-8,15,21H,9-12H2,1-3H3/t15-,18-/m1/s1. The van der Waals surface area contributed by atoms with Crippen LogP contribution in [0.3, 0.4) is 0 Å². The van der Waals surface area contributed by atoms with Crippen LogP contribution >= 0.6 is 0 Å². The Kier molecular flexibility index (Phi) is 5.22. The van der Waals surface area contributed by atoms with Crippen LogP contribution in [0.2, 0.25) is 0 Å². The van der Waals surface area contributed by atoms with E-state index in [9.17, 15) is 14.7 Å². The van der Waals surface area contributed by atoms with Crippen molar-refractivity contribution in [2.45, 2.75) is 45.3 Å². The van der Waals surface area contributed by atoms with Crippen molar-refractivity contribution in [3.8, 4) is 0 Å². The van der Waals surface area contributed by atoms with E-state index in [-0.39, 0.29) is 25.1 Å². The van der Waals surface area contributed by atoms with E-state index in [0.29, 0.717) is 18.4 Å². The lowest BCUT2D eigenvalue weighted by Crippen LogP contribution is -2.48. The maximum absolute atomic E-state index is 12.4. The molecule has 126 valence electrons. The molecule has 1 heterocycles. The Labute approximate surface area is 136 Å². The van der Waals surface area contributed by atoms with E-state index in [1.165, 1.54) is 0 Å². The second-order valence-corrected chi connectivity index (χ2v) is 6.92. The monoisotopic (exact) mass is 320 g/mol. The second kappa shape index (κ2) is 6.81. The quantitative estimate of drug-likeness (QED) is 0.843. The highest BCUT2D eigenvalue weighted by atomic mass is 16.5. The highest BCUT2D eigenvalue weighted by molar-refractivity contribution is 5.93. The largest absolute Gasteiger partial charge is 0.454 e. The van der Waals surface area contributed by atoms with Gasteiger partial charge < -0.3 is 14.6 Å². The van der Waals surface area contributed by atoms with Crippen molar-refractivity contribution in [2.75, 3.05) is 13.2 Å². The Morgan fingerprint density at radius 2 is 2.00 bits per heavy atom. The summed E-state index contributed by atoms with van der Waals surface area (Å²) in [4.78, 5) is 24.3. The van der Waals surface area contributed by atoms with Crippen molar-refractivity contribution in [3.63, 3.8) is 0 Å². The lowest BCUT2D eigenvalue weighted by Gasteiger charge is -2.40. The van der Waals surface area contributed by atoms with Gasteiger partial charge in [-0.2, -0.15) is 0 Å². The third kappa shape index (κ3) is 4.39. The molecule has 1 aliphatic rings. The van der Waals surface area contributed by atoms with Gasteiger partial charge in [0.2, 0.25) is 0 Å². The first kappa shape index (κ1) is 17.6. The number of ketones is 1. The molecule has 23 heavy (non-hydrogen) atoms. The molecule has 1 fully saturated rings. The Morgan fingerprint density at radius 1 is 1.35 bits per heavy atom. The molecule has 2 rings (SSSR count). The van der Waals surface area contributed by atoms with Gasteiger partial charge in [0.1, 0.15) is 0 Å². The number of Topliss-reactive ketones (excluding diaryl/α,β-unsaturated/α-hetero) is 1. The minimum Gasteiger partial charge on any atom is -0.454 e. The summed E-state index contributed by atoms with van der Waals surface area (Å²) in [6.07, 6.45) is 0.914. The van der Waals surface area contributed by atoms with Crippen LogP contribution in [0, 0.1) is 5.41 Å². The van der Waals surface area contributed by atoms with Crippen LogP contribution in [0.15, 0.2) is 30.3 Å². The van der Waals surface area contributed by atoms with Gasteiger partial charge >= 0.3 is 5.97 Å². The lowest BCUT2D eigenvalue weighted by atomic mass is 9.77. The predicted molar refractivity (Wildman–Crippen MR) is 85.1 cm³/mol. The number of rotatable bonds is 5. The zero-order valence-corrected chi connectivity index (χ0v) is 13.9. The molecule has 0 saturated carbocycles. The highest BCUT2D eigenvalue weighted by Gasteiger charge is 2.42. The topological polar surface area (TPSA) is 72.8 Å². The van der Waals surface area contributed by atoms with E-state index in [2.05, 4.69) is 0 Å². The van der Waals surface area contributed by atoms with Crippen molar-refractivity contribution in [1.82, 2.24) is 0 Å². The molecule has 0 bridgehead atoms. The van der Waals surface area contributed by atoms with Gasteiger partial charge in [0.15, 0.2) is 12.4 Å². The van der Waals surface area contributed by atoms with Crippen molar-refractivity contribution in [1.29, 1.82) is 0 Å². The molecule has 1 saturated heterocycles. The van der Waals surface area contributed by atoms with Crippen LogP contribution in [-0.2, 0) is 14.3 Å². The molecule has 1 aromatic carbocycles. The van der Waals surface area contributed by atoms with Gasteiger partial charge in [-0.25, -0.2) is 4.79 Å². The van der Waals surface area contributed by atoms with Crippen LogP contribution in [0.4, 0.5) is 0 Å². The fourth-order valence-electron chi connectivity index (χ4n) is 2.63. The first-order valence-electron chi connectivity index (χ1n) is 7.82. The average Bonchev–Trinajstić information content (AvgIpc) is 2.52. The number of benzene rings is 1. The Hall–Kier alpha value is -1.72. The van der Waals surface area contributed by atoms with Crippen molar-refractivity contribution >= 4 is 11.8 Å². The van der Waals surface area contributed by atoms with Gasteiger partial charge in [0.25, 0.3) is 0 Å². The molecule has 0 radical (unpaired) electrons. The van der Waals surface area contributed by atoms with Gasteiger partial charge in [0, 0.05) is 0 Å². The Morgan fingerprint density at radius 3 is 2.52 bits per heavy atom. The number of aliphatic hydroxyl groups is 1. The molecule has 0 spiro atoms. The summed E-state index contributed by atoms with van der Waals surface area (Å²) in [6, 6.07) is 8.58. The van der Waals surface area contributed by atoms with Crippen LogP contribution in [-0.4, -0.2) is 41.8 Å². The zero-order chi connectivity index (χ0) is 17.1. The maximum atomic E-state index is 12.4. The van der Waals surface area contributed by atoms with Gasteiger partial charge in [-0.15, -0.1) is 0 Å². The maximum Gasteiger partial charge on any atom is 0.338 e. The zero-order valence-electron chi connectivity index (χ0n) is 13.9. The Balaban J connectivity index is 1.87. The van der Waals surface area contributed by atoms with Gasteiger partial charge in [-0.1, -0.05) is 25.1 Å². The molecule has 1 aliphatic heterocycles. The SMILES string of the molecule is CC(C)(O)[C@H]1CC[C@@](C)(C(=O)COC(=O)c2ccccc2)CO1. The number of esters is 1. The minimum atomic E-state index is -0.926. The summed E-state index contributed by atoms with van der Waals surface area (Å²) >= 11 is 0. The second-order valence-electron chi connectivity index (χ2n) is 6.92.